The summed E-state index contributed by atoms with van der Waals surface area (Å²) >= 11 is 0. The molecule has 1 atom stereocenters. The Labute approximate surface area is 65.2 Å². The molecule has 0 radical (unpaired) electrons. The number of aromatic nitrogens is 2. The molecule has 0 aliphatic rings. The number of hydrogen-bond donors (Lipinski definition) is 1. The smallest absolute Gasteiger partial charge is 0.135 e. The summed E-state index contributed by atoms with van der Waals surface area (Å²) in [4.78, 5) is 0. The van der Waals surface area contributed by atoms with Crippen molar-refractivity contribution in [2.45, 2.75) is 19.9 Å². The molecule has 1 aromatic rings. The average Bonchev–Trinajstić information content (AvgIpc) is 2.31. The van der Waals surface area contributed by atoms with Crippen molar-refractivity contribution in [3.05, 3.63) is 11.9 Å². The van der Waals surface area contributed by atoms with Crippen molar-refractivity contribution in [3.63, 3.8) is 0 Å². The van der Waals surface area contributed by atoms with Crippen LogP contribution in [0.3, 0.4) is 0 Å². The Morgan fingerprint density at radius 2 is 2.45 bits per heavy atom. The highest BCUT2D eigenvalue weighted by atomic mass is 15.3. The first-order valence-corrected chi connectivity index (χ1v) is 3.36. The van der Waals surface area contributed by atoms with Gasteiger partial charge in [0.25, 0.3) is 0 Å². The van der Waals surface area contributed by atoms with Crippen molar-refractivity contribution in [1.29, 1.82) is 5.26 Å². The van der Waals surface area contributed by atoms with Crippen molar-refractivity contribution in [2.24, 2.45) is 0 Å². The lowest BCUT2D eigenvalue weighted by molar-refractivity contribution is 0.586. The molecule has 0 amide bonds. The third-order valence-electron chi connectivity index (χ3n) is 1.54. The van der Waals surface area contributed by atoms with E-state index >= 15 is 0 Å². The summed E-state index contributed by atoms with van der Waals surface area (Å²) in [5.74, 6) is 0. The molecule has 1 aromatic heterocycles. The van der Waals surface area contributed by atoms with Crippen LogP contribution >= 0.6 is 0 Å². The van der Waals surface area contributed by atoms with Crippen LogP contribution in [0.5, 0.6) is 0 Å². The van der Waals surface area contributed by atoms with Crippen molar-refractivity contribution in [3.8, 4) is 6.07 Å². The second-order valence-corrected chi connectivity index (χ2v) is 2.45. The molecule has 0 aliphatic heterocycles. The zero-order valence-electron chi connectivity index (χ0n) is 6.57. The van der Waals surface area contributed by atoms with Crippen LogP contribution in [0.15, 0.2) is 6.20 Å². The molecular weight excluding hydrogens is 140 g/mol. The van der Waals surface area contributed by atoms with Gasteiger partial charge in [0.15, 0.2) is 0 Å². The number of nitriles is 1. The van der Waals surface area contributed by atoms with Crippen LogP contribution in [-0.4, -0.2) is 9.78 Å². The number of nitrogen functional groups attached to an aromatic ring is 1. The van der Waals surface area contributed by atoms with Gasteiger partial charge >= 0.3 is 0 Å². The lowest BCUT2D eigenvalue weighted by Crippen LogP contribution is -2.02. The minimum absolute atomic E-state index is 0.244. The second-order valence-electron chi connectivity index (χ2n) is 2.45. The first kappa shape index (κ1) is 7.61. The molecule has 0 unspecified atom stereocenters. The SMILES string of the molecule is Cc1nn([C@@H](C)C#N)cc1N. The van der Waals surface area contributed by atoms with Gasteiger partial charge in [-0.15, -0.1) is 0 Å². The van der Waals surface area contributed by atoms with E-state index < -0.39 is 0 Å². The molecule has 0 aliphatic carbocycles. The lowest BCUT2D eigenvalue weighted by Gasteiger charge is -1.99. The molecule has 4 heteroatoms. The predicted molar refractivity (Wildman–Crippen MR) is 41.7 cm³/mol. The minimum Gasteiger partial charge on any atom is -0.396 e. The maximum atomic E-state index is 8.54. The number of anilines is 1. The maximum Gasteiger partial charge on any atom is 0.135 e. The van der Waals surface area contributed by atoms with Crippen LogP contribution in [0.4, 0.5) is 5.69 Å². The summed E-state index contributed by atoms with van der Waals surface area (Å²) in [6.45, 7) is 3.59. The molecule has 0 saturated carbocycles. The van der Waals surface area contributed by atoms with Crippen molar-refractivity contribution in [1.82, 2.24) is 9.78 Å². The standard InChI is InChI=1S/C7H10N4/c1-5(3-8)11-4-7(9)6(2)10-11/h4-5H,9H2,1-2H3/t5-/m0/s1. The molecule has 0 bridgehead atoms. The lowest BCUT2D eigenvalue weighted by atomic mass is 10.4. The van der Waals surface area contributed by atoms with E-state index in [4.69, 9.17) is 11.0 Å². The molecule has 1 rings (SSSR count). The highest BCUT2D eigenvalue weighted by Gasteiger charge is 2.05. The highest BCUT2D eigenvalue weighted by Crippen LogP contribution is 2.10. The zero-order valence-corrected chi connectivity index (χ0v) is 6.57. The fourth-order valence-electron chi connectivity index (χ4n) is 0.753. The summed E-state index contributed by atoms with van der Waals surface area (Å²) < 4.78 is 1.56. The van der Waals surface area contributed by atoms with E-state index in [-0.39, 0.29) is 6.04 Å². The maximum absolute atomic E-state index is 8.54. The minimum atomic E-state index is -0.244. The molecule has 11 heavy (non-hydrogen) atoms. The zero-order chi connectivity index (χ0) is 8.43. The first-order valence-electron chi connectivity index (χ1n) is 3.36. The Bertz CT molecular complexity index is 274. The number of hydrogen-bond acceptors (Lipinski definition) is 3. The largest absolute Gasteiger partial charge is 0.396 e. The summed E-state index contributed by atoms with van der Waals surface area (Å²) in [5, 5.41) is 12.6. The van der Waals surface area contributed by atoms with Crippen LogP contribution in [-0.2, 0) is 0 Å². The van der Waals surface area contributed by atoms with E-state index in [9.17, 15) is 0 Å². The monoisotopic (exact) mass is 150 g/mol. The van der Waals surface area contributed by atoms with E-state index in [0.29, 0.717) is 5.69 Å². The Balaban J connectivity index is 2.99. The molecule has 4 nitrogen and oxygen atoms in total. The third kappa shape index (κ3) is 1.32. The number of aryl methyl sites for hydroxylation is 1. The highest BCUT2D eigenvalue weighted by molar-refractivity contribution is 5.39. The fraction of sp³-hybridized carbons (Fsp3) is 0.429. The van der Waals surface area contributed by atoms with Gasteiger partial charge in [-0.3, -0.25) is 4.68 Å². The van der Waals surface area contributed by atoms with Gasteiger partial charge in [-0.1, -0.05) is 0 Å². The van der Waals surface area contributed by atoms with Gasteiger partial charge in [-0.2, -0.15) is 10.4 Å². The van der Waals surface area contributed by atoms with Gasteiger partial charge in [0.1, 0.15) is 6.04 Å². The molecular formula is C7H10N4. The van der Waals surface area contributed by atoms with Crippen LogP contribution in [0.1, 0.15) is 18.7 Å². The molecule has 2 N–H and O–H groups in total. The van der Waals surface area contributed by atoms with Crippen LogP contribution < -0.4 is 5.73 Å². The van der Waals surface area contributed by atoms with E-state index in [2.05, 4.69) is 11.2 Å². The van der Waals surface area contributed by atoms with Crippen molar-refractivity contribution < 1.29 is 0 Å². The van der Waals surface area contributed by atoms with Gasteiger partial charge < -0.3 is 5.73 Å². The Morgan fingerprint density at radius 3 is 2.82 bits per heavy atom. The number of nitrogens with two attached hydrogens (primary N) is 1. The van der Waals surface area contributed by atoms with Gasteiger partial charge in [-0.25, -0.2) is 0 Å². The van der Waals surface area contributed by atoms with Crippen LogP contribution in [0, 0.1) is 18.3 Å². The summed E-state index contributed by atoms with van der Waals surface area (Å²) in [6, 6.07) is 1.82. The first-order chi connectivity index (χ1) is 5.15. The fourth-order valence-corrected chi connectivity index (χ4v) is 0.753. The van der Waals surface area contributed by atoms with E-state index in [0.717, 1.165) is 5.69 Å². The van der Waals surface area contributed by atoms with Crippen LogP contribution in [0.2, 0.25) is 0 Å². The normalized spacial score (nSPS) is 12.5. The number of rotatable bonds is 1. The summed E-state index contributed by atoms with van der Waals surface area (Å²) in [7, 11) is 0. The Hall–Kier alpha value is -1.50. The molecule has 0 spiro atoms. The van der Waals surface area contributed by atoms with Crippen LogP contribution in [0.25, 0.3) is 0 Å². The van der Waals surface area contributed by atoms with E-state index in [1.807, 2.05) is 6.92 Å². The van der Waals surface area contributed by atoms with E-state index in [1.54, 1.807) is 17.8 Å². The Kier molecular flexibility index (Phi) is 1.81. The molecule has 58 valence electrons. The molecule has 1 heterocycles. The average molecular weight is 150 g/mol. The number of nitrogens with zero attached hydrogens (tertiary/aromatic N) is 3. The summed E-state index contributed by atoms with van der Waals surface area (Å²) in [6.07, 6.45) is 1.67. The quantitative estimate of drug-likeness (QED) is 0.645. The third-order valence-corrected chi connectivity index (χ3v) is 1.54. The molecule has 0 fully saturated rings. The van der Waals surface area contributed by atoms with Gasteiger partial charge in [-0.05, 0) is 13.8 Å². The molecule has 0 aromatic carbocycles. The predicted octanol–water partition coefficient (Wildman–Crippen LogP) is 0.858. The van der Waals surface area contributed by atoms with Crippen molar-refractivity contribution >= 4 is 5.69 Å². The second kappa shape index (κ2) is 2.62. The molecule has 0 saturated heterocycles. The van der Waals surface area contributed by atoms with E-state index in [1.165, 1.54) is 0 Å². The summed E-state index contributed by atoms with van der Waals surface area (Å²) in [5.41, 5.74) is 6.94. The van der Waals surface area contributed by atoms with Gasteiger partial charge in [0.05, 0.1) is 17.5 Å². The van der Waals surface area contributed by atoms with Crippen molar-refractivity contribution in [2.75, 3.05) is 5.73 Å². The van der Waals surface area contributed by atoms with Gasteiger partial charge in [0.2, 0.25) is 0 Å². The van der Waals surface area contributed by atoms with Gasteiger partial charge in [0, 0.05) is 6.20 Å². The topological polar surface area (TPSA) is 67.6 Å². The Morgan fingerprint density at radius 1 is 1.82 bits per heavy atom.